The van der Waals surface area contributed by atoms with E-state index < -0.39 is 18.0 Å². The molecular formula is C26H25FN2O5. The highest BCUT2D eigenvalue weighted by molar-refractivity contribution is 6.09. The van der Waals surface area contributed by atoms with Crippen LogP contribution in [0.15, 0.2) is 78.9 Å². The molecule has 2 amide bonds. The summed E-state index contributed by atoms with van der Waals surface area (Å²) in [6.07, 6.45) is -1.92. The van der Waals surface area contributed by atoms with Gasteiger partial charge in [0.15, 0.2) is 0 Å². The third kappa shape index (κ3) is 5.90. The number of anilines is 2. The van der Waals surface area contributed by atoms with Crippen molar-refractivity contribution < 1.29 is 28.2 Å². The minimum atomic E-state index is -0.958. The van der Waals surface area contributed by atoms with Gasteiger partial charge in [0.05, 0.1) is 24.6 Å². The summed E-state index contributed by atoms with van der Waals surface area (Å²) in [5.74, 6) is -0.559. The second-order valence-electron chi connectivity index (χ2n) is 7.65. The quantitative estimate of drug-likeness (QED) is 0.503. The van der Waals surface area contributed by atoms with Crippen molar-refractivity contribution in [2.45, 2.75) is 13.2 Å². The van der Waals surface area contributed by atoms with Gasteiger partial charge in [-0.1, -0.05) is 60.7 Å². The standard InChI is InChI=1S/C26H25FN2O5/c27-23-17-22(11-12-24(23)28-13-15-32-16-14-28)29(25(30)33-18-20-7-3-1-4-8-20)26(31)34-19-21-9-5-2-6-10-21/h1-12,17H,13-16,18-19H2. The van der Waals surface area contributed by atoms with Crippen LogP contribution in [-0.2, 0) is 27.4 Å². The van der Waals surface area contributed by atoms with Gasteiger partial charge in [-0.3, -0.25) is 0 Å². The average Bonchev–Trinajstić information content (AvgIpc) is 2.88. The van der Waals surface area contributed by atoms with Crippen molar-refractivity contribution in [3.8, 4) is 0 Å². The molecule has 0 radical (unpaired) electrons. The lowest BCUT2D eigenvalue weighted by atomic mass is 10.2. The van der Waals surface area contributed by atoms with Crippen LogP contribution in [0, 0.1) is 5.82 Å². The summed E-state index contributed by atoms with van der Waals surface area (Å²) in [5, 5.41) is 0. The largest absolute Gasteiger partial charge is 0.444 e. The molecule has 1 fully saturated rings. The highest BCUT2D eigenvalue weighted by atomic mass is 19.1. The van der Waals surface area contributed by atoms with E-state index in [2.05, 4.69) is 0 Å². The van der Waals surface area contributed by atoms with E-state index in [1.165, 1.54) is 12.1 Å². The summed E-state index contributed by atoms with van der Waals surface area (Å²) in [4.78, 5) is 28.4. The molecule has 0 aliphatic carbocycles. The smallest absolute Gasteiger partial charge is 0.424 e. The lowest BCUT2D eigenvalue weighted by Gasteiger charge is -2.29. The Morgan fingerprint density at radius 1 is 0.824 bits per heavy atom. The number of nitrogens with zero attached hydrogens (tertiary/aromatic N) is 2. The minimum absolute atomic E-state index is 0.0191. The van der Waals surface area contributed by atoms with E-state index >= 15 is 4.39 Å². The number of halogens is 1. The fourth-order valence-corrected chi connectivity index (χ4v) is 3.55. The maximum Gasteiger partial charge on any atom is 0.424 e. The molecular weight excluding hydrogens is 439 g/mol. The topological polar surface area (TPSA) is 68.3 Å². The SMILES string of the molecule is O=C(OCc1ccccc1)N(C(=O)OCc1ccccc1)c1ccc(N2CCOCC2)c(F)c1. The Bertz CT molecular complexity index is 1050. The predicted octanol–water partition coefficient (Wildman–Crippen LogP) is 5.14. The Balaban J connectivity index is 1.53. The number of amides is 2. The van der Waals surface area contributed by atoms with Crippen LogP contribution >= 0.6 is 0 Å². The molecule has 4 rings (SSSR count). The van der Waals surface area contributed by atoms with E-state index in [9.17, 15) is 9.59 Å². The second kappa shape index (κ2) is 11.3. The number of morpholine rings is 1. The van der Waals surface area contributed by atoms with E-state index in [-0.39, 0.29) is 18.9 Å². The number of benzene rings is 3. The van der Waals surface area contributed by atoms with Gasteiger partial charge < -0.3 is 19.1 Å². The van der Waals surface area contributed by atoms with Gasteiger partial charge in [-0.15, -0.1) is 0 Å². The van der Waals surface area contributed by atoms with Gasteiger partial charge in [0.25, 0.3) is 0 Å². The Kier molecular flexibility index (Phi) is 7.72. The van der Waals surface area contributed by atoms with Crippen LogP contribution in [0.2, 0.25) is 0 Å². The van der Waals surface area contributed by atoms with Gasteiger partial charge in [0.2, 0.25) is 0 Å². The first-order valence-electron chi connectivity index (χ1n) is 11.0. The predicted molar refractivity (Wildman–Crippen MR) is 125 cm³/mol. The molecule has 1 saturated heterocycles. The summed E-state index contributed by atoms with van der Waals surface area (Å²) < 4.78 is 31.0. The highest BCUT2D eigenvalue weighted by Crippen LogP contribution is 2.27. The molecule has 0 atom stereocenters. The van der Waals surface area contributed by atoms with Gasteiger partial charge in [0.1, 0.15) is 19.0 Å². The van der Waals surface area contributed by atoms with Crippen molar-refractivity contribution >= 4 is 23.6 Å². The maximum absolute atomic E-state index is 15.0. The molecule has 3 aromatic rings. The van der Waals surface area contributed by atoms with Crippen molar-refractivity contribution in [2.24, 2.45) is 0 Å². The lowest BCUT2D eigenvalue weighted by Crippen LogP contribution is -2.38. The highest BCUT2D eigenvalue weighted by Gasteiger charge is 2.28. The van der Waals surface area contributed by atoms with Gasteiger partial charge in [-0.25, -0.2) is 14.0 Å². The van der Waals surface area contributed by atoms with Crippen LogP contribution in [0.4, 0.5) is 25.4 Å². The van der Waals surface area contributed by atoms with E-state index in [1.54, 1.807) is 24.3 Å². The Labute approximate surface area is 197 Å². The summed E-state index contributed by atoms with van der Waals surface area (Å²) in [7, 11) is 0. The number of hydrogen-bond donors (Lipinski definition) is 0. The fraction of sp³-hybridized carbons (Fsp3) is 0.231. The van der Waals surface area contributed by atoms with Crippen LogP contribution in [0.25, 0.3) is 0 Å². The zero-order valence-electron chi connectivity index (χ0n) is 18.6. The molecule has 0 bridgehead atoms. The number of hydrogen-bond acceptors (Lipinski definition) is 6. The van der Waals surface area contributed by atoms with Crippen LogP contribution in [0.5, 0.6) is 0 Å². The van der Waals surface area contributed by atoms with Crippen molar-refractivity contribution in [1.29, 1.82) is 0 Å². The molecule has 8 heteroatoms. The van der Waals surface area contributed by atoms with Crippen LogP contribution in [-0.4, -0.2) is 38.5 Å². The van der Waals surface area contributed by atoms with Crippen LogP contribution in [0.1, 0.15) is 11.1 Å². The Morgan fingerprint density at radius 2 is 1.35 bits per heavy atom. The van der Waals surface area contributed by atoms with Gasteiger partial charge in [-0.2, -0.15) is 4.90 Å². The lowest BCUT2D eigenvalue weighted by molar-refractivity contribution is 0.122. The molecule has 1 aliphatic rings. The number of carbonyl (C=O) groups excluding carboxylic acids is 2. The molecule has 0 aromatic heterocycles. The van der Waals surface area contributed by atoms with Gasteiger partial charge >= 0.3 is 12.2 Å². The maximum atomic E-state index is 15.0. The molecule has 1 aliphatic heterocycles. The summed E-state index contributed by atoms with van der Waals surface area (Å²) >= 11 is 0. The monoisotopic (exact) mass is 464 g/mol. The first-order chi connectivity index (χ1) is 16.6. The third-order valence-electron chi connectivity index (χ3n) is 5.32. The average molecular weight is 464 g/mol. The Hall–Kier alpha value is -3.91. The molecule has 1 heterocycles. The van der Waals surface area contributed by atoms with Crippen molar-refractivity contribution in [3.63, 3.8) is 0 Å². The first kappa shape index (κ1) is 23.3. The molecule has 3 aromatic carbocycles. The molecule has 34 heavy (non-hydrogen) atoms. The third-order valence-corrected chi connectivity index (χ3v) is 5.32. The van der Waals surface area contributed by atoms with Crippen molar-refractivity contribution in [1.82, 2.24) is 0 Å². The van der Waals surface area contributed by atoms with E-state index in [0.29, 0.717) is 36.9 Å². The van der Waals surface area contributed by atoms with Crippen LogP contribution < -0.4 is 9.80 Å². The summed E-state index contributed by atoms with van der Waals surface area (Å²) in [6.45, 7) is 2.03. The zero-order valence-corrected chi connectivity index (χ0v) is 18.6. The summed E-state index contributed by atoms with van der Waals surface area (Å²) in [6, 6.07) is 22.3. The molecule has 176 valence electrons. The molecule has 0 unspecified atom stereocenters. The van der Waals surface area contributed by atoms with Gasteiger partial charge in [0, 0.05) is 19.2 Å². The number of ether oxygens (including phenoxy) is 3. The normalized spacial score (nSPS) is 13.3. The molecule has 0 spiro atoms. The van der Waals surface area contributed by atoms with Crippen molar-refractivity contribution in [3.05, 3.63) is 95.8 Å². The zero-order chi connectivity index (χ0) is 23.8. The number of imide groups is 1. The van der Waals surface area contributed by atoms with Gasteiger partial charge in [-0.05, 0) is 23.3 Å². The second-order valence-corrected chi connectivity index (χ2v) is 7.65. The molecule has 0 saturated carbocycles. The first-order valence-corrected chi connectivity index (χ1v) is 11.0. The van der Waals surface area contributed by atoms with E-state index in [4.69, 9.17) is 14.2 Å². The number of carbonyl (C=O) groups is 2. The van der Waals surface area contributed by atoms with Crippen molar-refractivity contribution in [2.75, 3.05) is 36.1 Å². The van der Waals surface area contributed by atoms with E-state index in [1.807, 2.05) is 41.3 Å². The minimum Gasteiger partial charge on any atom is -0.444 e. The Morgan fingerprint density at radius 3 is 1.85 bits per heavy atom. The summed E-state index contributed by atoms with van der Waals surface area (Å²) in [5.41, 5.74) is 1.90. The molecule has 7 nitrogen and oxygen atoms in total. The van der Waals surface area contributed by atoms with E-state index in [0.717, 1.165) is 17.2 Å². The van der Waals surface area contributed by atoms with Crippen LogP contribution in [0.3, 0.4) is 0 Å². The number of rotatable bonds is 6. The molecule has 0 N–H and O–H groups in total. The fourth-order valence-electron chi connectivity index (χ4n) is 3.55.